The van der Waals surface area contributed by atoms with Gasteiger partial charge in [0.1, 0.15) is 16.9 Å². The minimum Gasteiger partial charge on any atom is -0.497 e. The zero-order chi connectivity index (χ0) is 17.0. The summed E-state index contributed by atoms with van der Waals surface area (Å²) in [4.78, 5) is 24.7. The number of ether oxygens (including phenoxy) is 1. The number of nitrogens with one attached hydrogen (secondary N) is 2. The first-order valence-corrected chi connectivity index (χ1v) is 7.03. The topological polar surface area (TPSA) is 93.5 Å². The normalized spacial score (nSPS) is 11.0. The van der Waals surface area contributed by atoms with E-state index >= 15 is 0 Å². The number of aryl methyl sites for hydroxylation is 1. The van der Waals surface area contributed by atoms with Gasteiger partial charge in [0.15, 0.2) is 5.82 Å². The smallest absolute Gasteiger partial charge is 0.240 e. The molecule has 0 saturated carbocycles. The fourth-order valence-corrected chi connectivity index (χ4v) is 1.76. The molecular formula is C16H19N3O4. The number of carbonyl (C=O) groups is 2. The molecule has 2 aromatic rings. The van der Waals surface area contributed by atoms with Crippen LogP contribution in [0.4, 0.5) is 11.5 Å². The third kappa shape index (κ3) is 3.88. The molecule has 1 aromatic carbocycles. The van der Waals surface area contributed by atoms with Gasteiger partial charge in [-0.3, -0.25) is 9.59 Å². The zero-order valence-electron chi connectivity index (χ0n) is 13.5. The van der Waals surface area contributed by atoms with Gasteiger partial charge in [0.05, 0.1) is 7.11 Å². The lowest BCUT2D eigenvalue weighted by molar-refractivity contribution is -0.135. The van der Waals surface area contributed by atoms with Crippen molar-refractivity contribution in [3.8, 4) is 5.75 Å². The number of hydrogen-bond donors (Lipinski definition) is 2. The number of benzene rings is 1. The van der Waals surface area contributed by atoms with E-state index in [4.69, 9.17) is 9.26 Å². The van der Waals surface area contributed by atoms with Gasteiger partial charge < -0.3 is 19.9 Å². The number of nitrogens with zero attached hydrogens (tertiary/aromatic N) is 1. The second-order valence-corrected chi connectivity index (χ2v) is 5.58. The van der Waals surface area contributed by atoms with E-state index in [0.717, 1.165) is 0 Å². The minimum atomic E-state index is -1.28. The molecule has 1 heterocycles. The zero-order valence-corrected chi connectivity index (χ0v) is 13.5. The summed E-state index contributed by atoms with van der Waals surface area (Å²) in [7, 11) is 1.56. The molecule has 0 unspecified atom stereocenters. The summed E-state index contributed by atoms with van der Waals surface area (Å²) in [5.41, 5.74) is -0.707. The van der Waals surface area contributed by atoms with Gasteiger partial charge in [0, 0.05) is 11.8 Å². The van der Waals surface area contributed by atoms with E-state index in [1.807, 2.05) is 0 Å². The molecule has 0 saturated heterocycles. The first kappa shape index (κ1) is 16.5. The number of amides is 2. The van der Waals surface area contributed by atoms with Gasteiger partial charge in [0.2, 0.25) is 11.8 Å². The SMILES string of the molecule is COc1ccc(NC(=O)C(C)(C)C(=O)Nc2cc(C)on2)cc1. The second-order valence-electron chi connectivity index (χ2n) is 5.58. The van der Waals surface area contributed by atoms with Crippen LogP contribution in [0.3, 0.4) is 0 Å². The van der Waals surface area contributed by atoms with Crippen molar-refractivity contribution in [1.82, 2.24) is 5.16 Å². The van der Waals surface area contributed by atoms with E-state index in [-0.39, 0.29) is 5.82 Å². The summed E-state index contributed by atoms with van der Waals surface area (Å²) in [6.45, 7) is 4.78. The molecule has 2 N–H and O–H groups in total. The van der Waals surface area contributed by atoms with Crippen LogP contribution in [0.2, 0.25) is 0 Å². The van der Waals surface area contributed by atoms with Crippen LogP contribution in [0.5, 0.6) is 5.75 Å². The molecule has 2 amide bonds. The van der Waals surface area contributed by atoms with E-state index in [1.54, 1.807) is 44.4 Å². The van der Waals surface area contributed by atoms with Crippen LogP contribution in [0.1, 0.15) is 19.6 Å². The lowest BCUT2D eigenvalue weighted by Crippen LogP contribution is -2.41. The standard InChI is InChI=1S/C16H19N3O4/c1-10-9-13(19-23-10)18-15(21)16(2,3)14(20)17-11-5-7-12(22-4)8-6-11/h5-9H,1-4H3,(H,17,20)(H,18,19,21). The maximum Gasteiger partial charge on any atom is 0.240 e. The molecule has 0 bridgehead atoms. The Kier molecular flexibility index (Phi) is 4.68. The molecule has 7 heteroatoms. The maximum absolute atomic E-state index is 12.4. The highest BCUT2D eigenvalue weighted by molar-refractivity contribution is 6.13. The molecule has 23 heavy (non-hydrogen) atoms. The van der Waals surface area contributed by atoms with Gasteiger partial charge in [-0.1, -0.05) is 5.16 Å². The molecule has 2 rings (SSSR count). The maximum atomic E-state index is 12.4. The van der Waals surface area contributed by atoms with Gasteiger partial charge in [-0.15, -0.1) is 0 Å². The molecule has 0 spiro atoms. The monoisotopic (exact) mass is 317 g/mol. The summed E-state index contributed by atoms with van der Waals surface area (Å²) in [6, 6.07) is 8.43. The van der Waals surface area contributed by atoms with E-state index in [9.17, 15) is 9.59 Å². The van der Waals surface area contributed by atoms with E-state index in [1.165, 1.54) is 13.8 Å². The van der Waals surface area contributed by atoms with Gasteiger partial charge in [-0.2, -0.15) is 0 Å². The number of hydrogen-bond acceptors (Lipinski definition) is 5. The number of anilines is 2. The van der Waals surface area contributed by atoms with Crippen LogP contribution in [0.25, 0.3) is 0 Å². The highest BCUT2D eigenvalue weighted by Crippen LogP contribution is 2.22. The lowest BCUT2D eigenvalue weighted by Gasteiger charge is -2.22. The Morgan fingerprint density at radius 1 is 1.13 bits per heavy atom. The summed E-state index contributed by atoms with van der Waals surface area (Å²) >= 11 is 0. The van der Waals surface area contributed by atoms with Crippen LogP contribution in [-0.4, -0.2) is 24.1 Å². The Morgan fingerprint density at radius 3 is 2.26 bits per heavy atom. The number of rotatable bonds is 5. The molecule has 0 fully saturated rings. The van der Waals surface area contributed by atoms with Crippen molar-refractivity contribution < 1.29 is 18.8 Å². The highest BCUT2D eigenvalue weighted by Gasteiger charge is 2.36. The number of methoxy groups -OCH3 is 1. The summed E-state index contributed by atoms with van der Waals surface area (Å²) in [5.74, 6) is 0.622. The fourth-order valence-electron chi connectivity index (χ4n) is 1.76. The average molecular weight is 317 g/mol. The van der Waals surface area contributed by atoms with Gasteiger partial charge >= 0.3 is 0 Å². The van der Waals surface area contributed by atoms with Crippen molar-refractivity contribution >= 4 is 23.3 Å². The van der Waals surface area contributed by atoms with Crippen molar-refractivity contribution in [3.05, 3.63) is 36.1 Å². The molecular weight excluding hydrogens is 298 g/mol. The van der Waals surface area contributed by atoms with Crippen molar-refractivity contribution in [2.24, 2.45) is 5.41 Å². The predicted octanol–water partition coefficient (Wildman–Crippen LogP) is 2.60. The summed E-state index contributed by atoms with van der Waals surface area (Å²) < 4.78 is 9.93. The fraction of sp³-hybridized carbons (Fsp3) is 0.312. The quantitative estimate of drug-likeness (QED) is 0.827. The Morgan fingerprint density at radius 2 is 1.74 bits per heavy atom. The highest BCUT2D eigenvalue weighted by atomic mass is 16.5. The molecule has 0 aliphatic rings. The molecule has 0 aliphatic carbocycles. The molecule has 0 radical (unpaired) electrons. The van der Waals surface area contributed by atoms with E-state index in [0.29, 0.717) is 17.2 Å². The average Bonchev–Trinajstić information content (AvgIpc) is 2.93. The predicted molar refractivity (Wildman–Crippen MR) is 85.3 cm³/mol. The first-order chi connectivity index (χ1) is 10.8. The van der Waals surface area contributed by atoms with Gasteiger partial charge in [-0.25, -0.2) is 0 Å². The van der Waals surface area contributed by atoms with Crippen LogP contribution in [0.15, 0.2) is 34.9 Å². The molecule has 0 atom stereocenters. The van der Waals surface area contributed by atoms with Crippen LogP contribution in [0, 0.1) is 12.3 Å². The number of aromatic nitrogens is 1. The molecule has 1 aromatic heterocycles. The van der Waals surface area contributed by atoms with Gasteiger partial charge in [-0.05, 0) is 45.0 Å². The van der Waals surface area contributed by atoms with Crippen molar-refractivity contribution in [1.29, 1.82) is 0 Å². The Bertz CT molecular complexity index is 704. The van der Waals surface area contributed by atoms with E-state index < -0.39 is 17.2 Å². The summed E-state index contributed by atoms with van der Waals surface area (Å²) in [6.07, 6.45) is 0. The third-order valence-electron chi connectivity index (χ3n) is 3.35. The van der Waals surface area contributed by atoms with Crippen LogP contribution in [-0.2, 0) is 9.59 Å². The van der Waals surface area contributed by atoms with Crippen molar-refractivity contribution in [2.75, 3.05) is 17.7 Å². The largest absolute Gasteiger partial charge is 0.497 e. The first-order valence-electron chi connectivity index (χ1n) is 7.03. The molecule has 7 nitrogen and oxygen atoms in total. The Balaban J connectivity index is 2.04. The van der Waals surface area contributed by atoms with Crippen molar-refractivity contribution in [3.63, 3.8) is 0 Å². The summed E-state index contributed by atoms with van der Waals surface area (Å²) in [5, 5.41) is 8.95. The van der Waals surface area contributed by atoms with Crippen molar-refractivity contribution in [2.45, 2.75) is 20.8 Å². The van der Waals surface area contributed by atoms with E-state index in [2.05, 4.69) is 15.8 Å². The Hall–Kier alpha value is -2.83. The van der Waals surface area contributed by atoms with Crippen LogP contribution < -0.4 is 15.4 Å². The molecule has 122 valence electrons. The van der Waals surface area contributed by atoms with Crippen LogP contribution >= 0.6 is 0 Å². The lowest BCUT2D eigenvalue weighted by atomic mass is 9.91. The molecule has 0 aliphatic heterocycles. The van der Waals surface area contributed by atoms with Gasteiger partial charge in [0.25, 0.3) is 0 Å². The third-order valence-corrected chi connectivity index (χ3v) is 3.35. The number of carbonyl (C=O) groups excluding carboxylic acids is 2. The second kappa shape index (κ2) is 6.51. The minimum absolute atomic E-state index is 0.276. The Labute approximate surface area is 134 Å².